The highest BCUT2D eigenvalue weighted by Gasteiger charge is 2.39. The first-order valence-electron chi connectivity index (χ1n) is 8.94. The van der Waals surface area contributed by atoms with Crippen molar-refractivity contribution in [2.24, 2.45) is 0 Å². The molecule has 0 aromatic carbocycles. The minimum atomic E-state index is -4.82. The van der Waals surface area contributed by atoms with Gasteiger partial charge in [-0.15, -0.1) is 0 Å². The Hall–Kier alpha value is -1.96. The van der Waals surface area contributed by atoms with Crippen molar-refractivity contribution in [1.82, 2.24) is 24.4 Å². The predicted molar refractivity (Wildman–Crippen MR) is 103 cm³/mol. The molecule has 3 rings (SSSR count). The molecule has 1 aliphatic heterocycles. The fourth-order valence-corrected chi connectivity index (χ4v) is 3.97. The zero-order valence-corrected chi connectivity index (χ0v) is 17.7. The smallest absolute Gasteiger partial charge is 0.356 e. The summed E-state index contributed by atoms with van der Waals surface area (Å²) in [5.41, 5.74) is -0.282. The zero-order valence-electron chi connectivity index (χ0n) is 15.9. The molecule has 0 unspecified atom stereocenters. The molecule has 0 saturated carbocycles. The summed E-state index contributed by atoms with van der Waals surface area (Å²) >= 11 is 0. The molecule has 1 fully saturated rings. The number of rotatable bonds is 8. The second-order valence-corrected chi connectivity index (χ2v) is 10.6. The SMILES string of the molecule is O=C(CCP(=O)(O)O)N1C[C@@H](n2cnc3c(=O)[nH]cnc32)[C@H](OC[C@@H](O)P(=O)(O)O)C1. The molecule has 1 amide bonds. The third-order valence-electron chi connectivity index (χ3n) is 4.78. The zero-order chi connectivity index (χ0) is 23.0. The molecule has 2 aromatic heterocycles. The van der Waals surface area contributed by atoms with Crippen LogP contribution in [0.4, 0.5) is 0 Å². The van der Waals surface area contributed by atoms with Gasteiger partial charge in [0, 0.05) is 19.5 Å². The van der Waals surface area contributed by atoms with E-state index in [0.29, 0.717) is 0 Å². The van der Waals surface area contributed by atoms with E-state index in [-0.39, 0.29) is 24.3 Å². The second kappa shape index (κ2) is 8.88. The number of hydrogen-bond acceptors (Lipinski definition) is 8. The molecular weight excluding hydrogens is 460 g/mol. The lowest BCUT2D eigenvalue weighted by Gasteiger charge is -2.22. The highest BCUT2D eigenvalue weighted by Crippen LogP contribution is 2.40. The number of fused-ring (bicyclic) bond motifs is 1. The summed E-state index contributed by atoms with van der Waals surface area (Å²) in [5, 5.41) is 9.59. The lowest BCUT2D eigenvalue weighted by Crippen LogP contribution is -2.31. The first-order valence-corrected chi connectivity index (χ1v) is 12.4. The number of amides is 1. The number of hydrogen-bond donors (Lipinski definition) is 6. The number of carbonyl (C=O) groups is 1. The largest absolute Gasteiger partial charge is 0.378 e. The van der Waals surface area contributed by atoms with Gasteiger partial charge in [-0.25, -0.2) is 9.97 Å². The first kappa shape index (κ1) is 23.7. The fraction of sp³-hybridized carbons (Fsp3) is 0.571. The number of nitrogens with zero attached hydrogens (tertiary/aromatic N) is 4. The van der Waals surface area contributed by atoms with Gasteiger partial charge in [-0.2, -0.15) is 0 Å². The molecule has 2 aromatic rings. The number of aromatic amines is 1. The van der Waals surface area contributed by atoms with E-state index in [4.69, 9.17) is 24.3 Å². The first-order chi connectivity index (χ1) is 14.4. The minimum Gasteiger partial charge on any atom is -0.378 e. The highest BCUT2D eigenvalue weighted by molar-refractivity contribution is 7.52. The van der Waals surface area contributed by atoms with Gasteiger partial charge in [-0.3, -0.25) is 18.7 Å². The van der Waals surface area contributed by atoms with E-state index < -0.39 is 63.8 Å². The summed E-state index contributed by atoms with van der Waals surface area (Å²) < 4.78 is 29.2. The Bertz CT molecular complexity index is 1110. The monoisotopic (exact) mass is 481 g/mol. The van der Waals surface area contributed by atoms with Gasteiger partial charge in [0.1, 0.15) is 0 Å². The van der Waals surface area contributed by atoms with Crippen LogP contribution in [0.1, 0.15) is 12.5 Å². The molecule has 172 valence electrons. The molecule has 17 heteroatoms. The maximum atomic E-state index is 12.4. The van der Waals surface area contributed by atoms with Crippen molar-refractivity contribution in [1.29, 1.82) is 0 Å². The number of nitrogens with one attached hydrogen (secondary N) is 1. The molecule has 0 spiro atoms. The molecule has 3 heterocycles. The van der Waals surface area contributed by atoms with Crippen LogP contribution in [0.25, 0.3) is 11.2 Å². The Kier molecular flexibility index (Phi) is 6.79. The van der Waals surface area contributed by atoms with Crippen LogP contribution in [0.3, 0.4) is 0 Å². The third kappa shape index (κ3) is 5.64. The van der Waals surface area contributed by atoms with Gasteiger partial charge in [-0.05, 0) is 0 Å². The average molecular weight is 481 g/mol. The van der Waals surface area contributed by atoms with Crippen LogP contribution in [0.5, 0.6) is 0 Å². The Balaban J connectivity index is 1.84. The number of carbonyl (C=O) groups excluding carboxylic acids is 1. The van der Waals surface area contributed by atoms with Crippen molar-refractivity contribution >= 4 is 32.3 Å². The molecule has 0 aliphatic carbocycles. The molecular formula is C14H21N5O10P2. The lowest BCUT2D eigenvalue weighted by molar-refractivity contribution is -0.130. The maximum absolute atomic E-state index is 12.4. The van der Waals surface area contributed by atoms with Gasteiger partial charge >= 0.3 is 15.2 Å². The van der Waals surface area contributed by atoms with Crippen LogP contribution in [0.15, 0.2) is 17.4 Å². The quantitative estimate of drug-likeness (QED) is 0.224. The van der Waals surface area contributed by atoms with Crippen molar-refractivity contribution in [2.45, 2.75) is 24.4 Å². The molecule has 31 heavy (non-hydrogen) atoms. The summed E-state index contributed by atoms with van der Waals surface area (Å²) in [7, 11) is -9.20. The van der Waals surface area contributed by atoms with Gasteiger partial charge in [0.25, 0.3) is 5.56 Å². The van der Waals surface area contributed by atoms with Crippen molar-refractivity contribution < 1.29 is 43.3 Å². The van der Waals surface area contributed by atoms with Gasteiger partial charge in [0.15, 0.2) is 17.0 Å². The van der Waals surface area contributed by atoms with E-state index in [0.717, 1.165) is 6.33 Å². The number of aromatic nitrogens is 4. The molecule has 6 N–H and O–H groups in total. The normalized spacial score (nSPS) is 21.0. The highest BCUT2D eigenvalue weighted by atomic mass is 31.2. The Labute approximate surface area is 174 Å². The van der Waals surface area contributed by atoms with Gasteiger partial charge in [-0.1, -0.05) is 0 Å². The second-order valence-electron chi connectivity index (χ2n) is 7.00. The van der Waals surface area contributed by atoms with Crippen LogP contribution in [-0.2, 0) is 18.7 Å². The number of aliphatic hydroxyl groups is 1. The molecule has 15 nitrogen and oxygen atoms in total. The van der Waals surface area contributed by atoms with Crippen LogP contribution in [-0.4, -0.2) is 92.8 Å². The van der Waals surface area contributed by atoms with E-state index in [1.54, 1.807) is 0 Å². The van der Waals surface area contributed by atoms with Gasteiger partial charge in [0.2, 0.25) is 5.91 Å². The molecule has 0 bridgehead atoms. The van der Waals surface area contributed by atoms with Gasteiger partial charge in [0.05, 0.1) is 37.6 Å². The molecule has 3 atom stereocenters. The number of aliphatic hydroxyl groups excluding tert-OH is 1. The number of ether oxygens (including phenoxy) is 1. The topological polar surface area (TPSA) is 228 Å². The van der Waals surface area contributed by atoms with Crippen LogP contribution >= 0.6 is 15.2 Å². The Morgan fingerprint density at radius 2 is 1.97 bits per heavy atom. The minimum absolute atomic E-state index is 0.00337. The van der Waals surface area contributed by atoms with Crippen molar-refractivity contribution in [3.8, 4) is 0 Å². The average Bonchev–Trinajstić information content (AvgIpc) is 3.27. The third-order valence-corrected chi connectivity index (χ3v) is 6.51. The summed E-state index contributed by atoms with van der Waals surface area (Å²) in [6, 6.07) is -0.692. The summed E-state index contributed by atoms with van der Waals surface area (Å²) in [4.78, 5) is 72.1. The number of likely N-dealkylation sites (tertiary alicyclic amines) is 1. The van der Waals surface area contributed by atoms with Crippen molar-refractivity contribution in [3.63, 3.8) is 0 Å². The van der Waals surface area contributed by atoms with Crippen molar-refractivity contribution in [2.75, 3.05) is 25.9 Å². The Morgan fingerprint density at radius 3 is 2.61 bits per heavy atom. The summed E-state index contributed by atoms with van der Waals surface area (Å²) in [5.74, 6) is -2.64. The summed E-state index contributed by atoms with van der Waals surface area (Å²) in [6.45, 7) is -0.811. The lowest BCUT2D eigenvalue weighted by atomic mass is 10.2. The van der Waals surface area contributed by atoms with Gasteiger partial charge < -0.3 is 43.9 Å². The van der Waals surface area contributed by atoms with Crippen molar-refractivity contribution in [3.05, 3.63) is 23.0 Å². The molecule has 1 saturated heterocycles. The standard InChI is InChI=1S/C14H21N5O10P2/c20-10(1-2-30(23,24)25)18-3-8(9(4-18)29-5-11(21)31(26,27)28)19-7-17-12-13(19)15-6-16-14(12)22/h6-9,11,21H,1-5H2,(H,15,16,22)(H2,23,24,25)(H2,26,27,28)/t8-,9-,11+/m1/s1. The predicted octanol–water partition coefficient (Wildman–Crippen LogP) is -2.05. The maximum Gasteiger partial charge on any atom is 0.356 e. The molecule has 1 aliphatic rings. The van der Waals surface area contributed by atoms with E-state index in [1.807, 2.05) is 0 Å². The van der Waals surface area contributed by atoms with Crippen LogP contribution in [0, 0.1) is 0 Å². The van der Waals surface area contributed by atoms with E-state index in [2.05, 4.69) is 15.0 Å². The molecule has 0 radical (unpaired) electrons. The number of H-pyrrole nitrogens is 1. The summed E-state index contributed by atoms with van der Waals surface area (Å²) in [6.07, 6.45) is 0.529. The van der Waals surface area contributed by atoms with Crippen LogP contribution in [0.2, 0.25) is 0 Å². The Morgan fingerprint density at radius 1 is 1.26 bits per heavy atom. The number of imidazole rings is 1. The van der Waals surface area contributed by atoms with E-state index in [1.165, 1.54) is 15.8 Å². The fourth-order valence-electron chi connectivity index (χ4n) is 3.20. The van der Waals surface area contributed by atoms with Crippen LogP contribution < -0.4 is 5.56 Å². The van der Waals surface area contributed by atoms with E-state index in [9.17, 15) is 23.8 Å². The van der Waals surface area contributed by atoms with E-state index >= 15 is 0 Å².